The number of hydrogen-bond donors (Lipinski definition) is 0. The molecule has 1 aliphatic rings. The second kappa shape index (κ2) is 4.47. The van der Waals surface area contributed by atoms with E-state index in [0.717, 1.165) is 19.4 Å². The van der Waals surface area contributed by atoms with Gasteiger partial charge in [0.05, 0.1) is 0 Å². The third-order valence-corrected chi connectivity index (χ3v) is 3.13. The molecule has 0 aliphatic carbocycles. The topological polar surface area (TPSA) is 20.3 Å². The second-order valence-electron chi connectivity index (χ2n) is 4.36. The van der Waals surface area contributed by atoms with Gasteiger partial charge in [0.25, 0.3) is 0 Å². The van der Waals surface area contributed by atoms with Crippen LogP contribution in [0.1, 0.15) is 18.4 Å². The van der Waals surface area contributed by atoms with Crippen LogP contribution in [0.5, 0.6) is 0 Å². The van der Waals surface area contributed by atoms with Crippen LogP contribution in [0.25, 0.3) is 0 Å². The van der Waals surface area contributed by atoms with Crippen molar-refractivity contribution in [2.75, 3.05) is 13.6 Å². The van der Waals surface area contributed by atoms with Gasteiger partial charge in [-0.3, -0.25) is 4.79 Å². The lowest BCUT2D eigenvalue weighted by atomic mass is 9.90. The monoisotopic (exact) mass is 203 g/mol. The van der Waals surface area contributed by atoms with Crippen LogP contribution in [0.3, 0.4) is 0 Å². The van der Waals surface area contributed by atoms with E-state index in [1.807, 2.05) is 18.0 Å². The molecule has 0 radical (unpaired) electrons. The van der Waals surface area contributed by atoms with E-state index in [1.165, 1.54) is 5.56 Å². The summed E-state index contributed by atoms with van der Waals surface area (Å²) in [6.07, 6.45) is 2.89. The van der Waals surface area contributed by atoms with Crippen LogP contribution >= 0.6 is 0 Å². The van der Waals surface area contributed by atoms with E-state index in [2.05, 4.69) is 24.3 Å². The molecule has 0 spiro atoms. The van der Waals surface area contributed by atoms with Crippen LogP contribution < -0.4 is 0 Å². The number of rotatable bonds is 2. The van der Waals surface area contributed by atoms with E-state index < -0.39 is 0 Å². The van der Waals surface area contributed by atoms with Gasteiger partial charge in [-0.25, -0.2) is 0 Å². The summed E-state index contributed by atoms with van der Waals surface area (Å²) < 4.78 is 0. The second-order valence-corrected chi connectivity index (χ2v) is 4.36. The highest BCUT2D eigenvalue weighted by Gasteiger charge is 2.22. The van der Waals surface area contributed by atoms with E-state index in [9.17, 15) is 4.79 Å². The van der Waals surface area contributed by atoms with Crippen LogP contribution in [0, 0.1) is 5.92 Å². The van der Waals surface area contributed by atoms with E-state index in [4.69, 9.17) is 0 Å². The van der Waals surface area contributed by atoms with Crippen molar-refractivity contribution in [1.82, 2.24) is 4.90 Å². The van der Waals surface area contributed by atoms with Crippen LogP contribution in [-0.4, -0.2) is 24.4 Å². The minimum atomic E-state index is 0.294. The molecule has 0 aromatic heterocycles. The maximum absolute atomic E-state index is 11.5. The molecule has 1 amide bonds. The third-order valence-electron chi connectivity index (χ3n) is 3.13. The van der Waals surface area contributed by atoms with Crippen molar-refractivity contribution in [2.24, 2.45) is 5.92 Å². The van der Waals surface area contributed by atoms with Crippen LogP contribution in [0.2, 0.25) is 0 Å². The Labute approximate surface area is 90.9 Å². The Bertz CT molecular complexity index is 334. The van der Waals surface area contributed by atoms with E-state index in [-0.39, 0.29) is 0 Å². The Morgan fingerprint density at radius 2 is 2.07 bits per heavy atom. The smallest absolute Gasteiger partial charge is 0.222 e. The fourth-order valence-electron chi connectivity index (χ4n) is 2.13. The molecule has 15 heavy (non-hydrogen) atoms. The lowest BCUT2D eigenvalue weighted by molar-refractivity contribution is -0.133. The molecule has 1 fully saturated rings. The Balaban J connectivity index is 1.94. The van der Waals surface area contributed by atoms with Gasteiger partial charge in [-0.15, -0.1) is 0 Å². The van der Waals surface area contributed by atoms with Crippen molar-refractivity contribution in [1.29, 1.82) is 0 Å². The van der Waals surface area contributed by atoms with Crippen molar-refractivity contribution >= 4 is 5.91 Å². The highest BCUT2D eigenvalue weighted by Crippen LogP contribution is 2.21. The molecule has 1 atom stereocenters. The molecule has 0 bridgehead atoms. The summed E-state index contributed by atoms with van der Waals surface area (Å²) in [7, 11) is 1.89. The largest absolute Gasteiger partial charge is 0.346 e. The number of benzene rings is 1. The molecule has 0 N–H and O–H groups in total. The molecule has 2 rings (SSSR count). The highest BCUT2D eigenvalue weighted by atomic mass is 16.2. The Kier molecular flexibility index (Phi) is 3.05. The fourth-order valence-corrected chi connectivity index (χ4v) is 2.13. The van der Waals surface area contributed by atoms with Crippen LogP contribution in [-0.2, 0) is 11.2 Å². The lowest BCUT2D eigenvalue weighted by Gasteiger charge is -2.28. The Hall–Kier alpha value is -1.31. The van der Waals surface area contributed by atoms with Gasteiger partial charge in [0.1, 0.15) is 0 Å². The van der Waals surface area contributed by atoms with Gasteiger partial charge in [0.15, 0.2) is 0 Å². The highest BCUT2D eigenvalue weighted by molar-refractivity contribution is 5.76. The van der Waals surface area contributed by atoms with Gasteiger partial charge in [0, 0.05) is 20.0 Å². The maximum Gasteiger partial charge on any atom is 0.222 e. The average molecular weight is 203 g/mol. The number of carbonyl (C=O) groups is 1. The minimum Gasteiger partial charge on any atom is -0.346 e. The molecular weight excluding hydrogens is 186 g/mol. The van der Waals surface area contributed by atoms with E-state index in [0.29, 0.717) is 18.2 Å². The first-order valence-electron chi connectivity index (χ1n) is 5.53. The fraction of sp³-hybridized carbons (Fsp3) is 0.462. The van der Waals surface area contributed by atoms with Gasteiger partial charge < -0.3 is 4.90 Å². The number of hydrogen-bond acceptors (Lipinski definition) is 1. The summed E-state index contributed by atoms with van der Waals surface area (Å²) in [6.45, 7) is 0.913. The summed E-state index contributed by atoms with van der Waals surface area (Å²) in [6, 6.07) is 10.4. The molecule has 80 valence electrons. The zero-order chi connectivity index (χ0) is 10.7. The first-order valence-corrected chi connectivity index (χ1v) is 5.53. The van der Waals surface area contributed by atoms with Crippen molar-refractivity contribution in [3.63, 3.8) is 0 Å². The molecule has 1 saturated heterocycles. The Morgan fingerprint density at radius 1 is 1.33 bits per heavy atom. The number of nitrogens with zero attached hydrogens (tertiary/aromatic N) is 1. The molecule has 1 aliphatic heterocycles. The predicted molar refractivity (Wildman–Crippen MR) is 60.5 cm³/mol. The number of amides is 1. The standard InChI is InChI=1S/C13H17NO/c1-14-8-7-12(10-13(14)15)9-11-5-3-2-4-6-11/h2-6,12H,7-10H2,1H3. The van der Waals surface area contributed by atoms with Gasteiger partial charge in [0.2, 0.25) is 5.91 Å². The van der Waals surface area contributed by atoms with Gasteiger partial charge in [-0.2, -0.15) is 0 Å². The first kappa shape index (κ1) is 10.2. The molecule has 2 nitrogen and oxygen atoms in total. The van der Waals surface area contributed by atoms with Gasteiger partial charge >= 0.3 is 0 Å². The molecule has 0 saturated carbocycles. The molecule has 2 heteroatoms. The molecule has 1 aromatic carbocycles. The first-order chi connectivity index (χ1) is 7.25. The van der Waals surface area contributed by atoms with Crippen molar-refractivity contribution < 1.29 is 4.79 Å². The zero-order valence-corrected chi connectivity index (χ0v) is 9.15. The summed E-state index contributed by atoms with van der Waals surface area (Å²) in [5.74, 6) is 0.832. The zero-order valence-electron chi connectivity index (χ0n) is 9.15. The van der Waals surface area contributed by atoms with Crippen molar-refractivity contribution in [3.05, 3.63) is 35.9 Å². The molecular formula is C13H17NO. The Morgan fingerprint density at radius 3 is 2.73 bits per heavy atom. The minimum absolute atomic E-state index is 0.294. The molecule has 1 unspecified atom stereocenters. The summed E-state index contributed by atoms with van der Waals surface area (Å²) >= 11 is 0. The normalized spacial score (nSPS) is 21.8. The number of carbonyl (C=O) groups excluding carboxylic acids is 1. The third kappa shape index (κ3) is 2.58. The van der Waals surface area contributed by atoms with Crippen molar-refractivity contribution in [2.45, 2.75) is 19.3 Å². The SMILES string of the molecule is CN1CCC(Cc2ccccc2)CC1=O. The maximum atomic E-state index is 11.5. The van der Waals surface area contributed by atoms with E-state index in [1.54, 1.807) is 0 Å². The molecule has 1 heterocycles. The van der Waals surface area contributed by atoms with E-state index >= 15 is 0 Å². The predicted octanol–water partition coefficient (Wildman–Crippen LogP) is 2.10. The summed E-state index contributed by atoms with van der Waals surface area (Å²) in [4.78, 5) is 13.4. The number of likely N-dealkylation sites (tertiary alicyclic amines) is 1. The molecule has 1 aromatic rings. The van der Waals surface area contributed by atoms with Gasteiger partial charge in [-0.05, 0) is 24.3 Å². The quantitative estimate of drug-likeness (QED) is 0.720. The summed E-state index contributed by atoms with van der Waals surface area (Å²) in [5, 5.41) is 0. The van der Waals surface area contributed by atoms with Crippen LogP contribution in [0.4, 0.5) is 0 Å². The van der Waals surface area contributed by atoms with Crippen LogP contribution in [0.15, 0.2) is 30.3 Å². The van der Waals surface area contributed by atoms with Crippen molar-refractivity contribution in [3.8, 4) is 0 Å². The average Bonchev–Trinajstić information content (AvgIpc) is 2.25. The number of piperidine rings is 1. The van der Waals surface area contributed by atoms with Gasteiger partial charge in [-0.1, -0.05) is 30.3 Å². The lowest BCUT2D eigenvalue weighted by Crippen LogP contribution is -2.36. The summed E-state index contributed by atoms with van der Waals surface area (Å²) in [5.41, 5.74) is 1.35.